The lowest BCUT2D eigenvalue weighted by Gasteiger charge is -2.13. The molecule has 2 rings (SSSR count). The summed E-state index contributed by atoms with van der Waals surface area (Å²) in [6.07, 6.45) is 2.88. The smallest absolute Gasteiger partial charge is 0.387 e. The van der Waals surface area contributed by atoms with Crippen molar-refractivity contribution in [1.82, 2.24) is 9.78 Å². The molecule has 0 saturated carbocycles. The van der Waals surface area contributed by atoms with Crippen LogP contribution in [-0.2, 0) is 18.4 Å². The second-order valence-corrected chi connectivity index (χ2v) is 4.87. The Morgan fingerprint density at radius 3 is 2.74 bits per heavy atom. The highest BCUT2D eigenvalue weighted by molar-refractivity contribution is 6.32. The molecule has 23 heavy (non-hydrogen) atoms. The van der Waals surface area contributed by atoms with E-state index in [-0.39, 0.29) is 23.1 Å². The van der Waals surface area contributed by atoms with Crippen LogP contribution in [0.3, 0.4) is 0 Å². The minimum absolute atomic E-state index is 0.0187. The van der Waals surface area contributed by atoms with Crippen LogP contribution in [0.25, 0.3) is 0 Å². The number of nitrogens with zero attached hydrogens (tertiary/aromatic N) is 2. The molecule has 0 fully saturated rings. The van der Waals surface area contributed by atoms with Crippen LogP contribution in [0.4, 0.5) is 8.78 Å². The summed E-state index contributed by atoms with van der Waals surface area (Å²) >= 11 is 5.90. The van der Waals surface area contributed by atoms with Gasteiger partial charge in [-0.25, -0.2) is 4.79 Å². The largest absolute Gasteiger partial charge is 0.493 e. The number of alkyl halides is 2. The number of halogens is 3. The van der Waals surface area contributed by atoms with Gasteiger partial charge in [-0.3, -0.25) is 4.68 Å². The molecule has 124 valence electrons. The summed E-state index contributed by atoms with van der Waals surface area (Å²) in [5, 5.41) is 3.79. The van der Waals surface area contributed by atoms with Gasteiger partial charge in [-0.2, -0.15) is 13.9 Å². The van der Waals surface area contributed by atoms with Gasteiger partial charge in [-0.1, -0.05) is 11.6 Å². The van der Waals surface area contributed by atoms with Gasteiger partial charge in [0, 0.05) is 13.2 Å². The molecule has 2 aromatic rings. The van der Waals surface area contributed by atoms with E-state index in [2.05, 4.69) is 9.84 Å². The SMILES string of the molecule is COc1cc(COC(=O)c2cnn(C)c2)cc(Cl)c1OC(F)F. The Kier molecular flexibility index (Phi) is 5.38. The number of hydrogen-bond acceptors (Lipinski definition) is 5. The van der Waals surface area contributed by atoms with Gasteiger partial charge in [0.25, 0.3) is 0 Å². The van der Waals surface area contributed by atoms with Crippen molar-refractivity contribution in [2.45, 2.75) is 13.2 Å². The van der Waals surface area contributed by atoms with Gasteiger partial charge < -0.3 is 14.2 Å². The van der Waals surface area contributed by atoms with Gasteiger partial charge >= 0.3 is 12.6 Å². The Labute approximate surface area is 135 Å². The number of carbonyl (C=O) groups is 1. The Morgan fingerprint density at radius 2 is 2.17 bits per heavy atom. The maximum Gasteiger partial charge on any atom is 0.387 e. The molecule has 6 nitrogen and oxygen atoms in total. The number of aromatic nitrogens is 2. The Balaban J connectivity index is 2.11. The first-order valence-corrected chi connectivity index (χ1v) is 6.75. The number of carbonyl (C=O) groups excluding carboxylic acids is 1. The van der Waals surface area contributed by atoms with E-state index in [9.17, 15) is 13.6 Å². The molecule has 1 heterocycles. The second-order valence-electron chi connectivity index (χ2n) is 4.47. The highest BCUT2D eigenvalue weighted by Crippen LogP contribution is 2.37. The Morgan fingerprint density at radius 1 is 1.43 bits per heavy atom. The third-order valence-electron chi connectivity index (χ3n) is 2.81. The summed E-state index contributed by atoms with van der Waals surface area (Å²) in [6.45, 7) is -3.14. The predicted molar refractivity (Wildman–Crippen MR) is 77.0 cm³/mol. The van der Waals surface area contributed by atoms with Crippen LogP contribution in [0, 0.1) is 0 Å². The molecule has 0 aliphatic heterocycles. The number of rotatable bonds is 6. The summed E-state index contributed by atoms with van der Waals surface area (Å²) in [6, 6.07) is 2.76. The first kappa shape index (κ1) is 17.0. The lowest BCUT2D eigenvalue weighted by atomic mass is 10.2. The molecular weight excluding hydrogens is 334 g/mol. The third kappa shape index (κ3) is 4.32. The molecular formula is C14H13ClF2N2O4. The topological polar surface area (TPSA) is 62.6 Å². The van der Waals surface area contributed by atoms with Crippen molar-refractivity contribution >= 4 is 17.6 Å². The summed E-state index contributed by atoms with van der Waals surface area (Å²) in [7, 11) is 2.96. The average Bonchev–Trinajstić information content (AvgIpc) is 2.93. The molecule has 0 radical (unpaired) electrons. The van der Waals surface area contributed by atoms with Crippen molar-refractivity contribution in [2.75, 3.05) is 7.11 Å². The van der Waals surface area contributed by atoms with Crippen LogP contribution in [0.5, 0.6) is 11.5 Å². The van der Waals surface area contributed by atoms with Gasteiger partial charge in [-0.05, 0) is 17.7 Å². The van der Waals surface area contributed by atoms with Crippen LogP contribution in [-0.4, -0.2) is 29.5 Å². The van der Waals surface area contributed by atoms with Crippen molar-refractivity contribution in [1.29, 1.82) is 0 Å². The lowest BCUT2D eigenvalue weighted by molar-refractivity contribution is -0.0511. The van der Waals surface area contributed by atoms with Crippen molar-refractivity contribution in [3.05, 3.63) is 40.7 Å². The van der Waals surface area contributed by atoms with Crippen molar-refractivity contribution < 1.29 is 27.8 Å². The molecule has 0 saturated heterocycles. The maximum absolute atomic E-state index is 12.3. The first-order valence-electron chi connectivity index (χ1n) is 6.37. The van der Waals surface area contributed by atoms with E-state index in [0.29, 0.717) is 11.1 Å². The van der Waals surface area contributed by atoms with E-state index < -0.39 is 12.6 Å². The molecule has 9 heteroatoms. The number of benzene rings is 1. The minimum atomic E-state index is -3.03. The lowest BCUT2D eigenvalue weighted by Crippen LogP contribution is -2.06. The van der Waals surface area contributed by atoms with Crippen molar-refractivity contribution in [3.8, 4) is 11.5 Å². The number of aryl methyl sites for hydroxylation is 1. The van der Waals surface area contributed by atoms with Crippen molar-refractivity contribution in [3.63, 3.8) is 0 Å². The van der Waals surface area contributed by atoms with Gasteiger partial charge in [0.15, 0.2) is 11.5 Å². The Bertz CT molecular complexity index is 706. The number of methoxy groups -OCH3 is 1. The zero-order valence-corrected chi connectivity index (χ0v) is 13.0. The standard InChI is InChI=1S/C14H13ClF2N2O4/c1-19-6-9(5-18-19)13(20)22-7-8-3-10(15)12(23-14(16)17)11(4-8)21-2/h3-6,14H,7H2,1-2H3. The van der Waals surface area contributed by atoms with Crippen LogP contribution in [0.2, 0.25) is 5.02 Å². The van der Waals surface area contributed by atoms with E-state index in [1.54, 1.807) is 7.05 Å². The van der Waals surface area contributed by atoms with E-state index in [4.69, 9.17) is 21.1 Å². The van der Waals surface area contributed by atoms with Crippen LogP contribution < -0.4 is 9.47 Å². The molecule has 0 atom stereocenters. The van der Waals surface area contributed by atoms with Crippen LogP contribution in [0.15, 0.2) is 24.5 Å². The number of hydrogen-bond donors (Lipinski definition) is 0. The van der Waals surface area contributed by atoms with Crippen LogP contribution in [0.1, 0.15) is 15.9 Å². The molecule has 0 aliphatic carbocycles. The zero-order valence-electron chi connectivity index (χ0n) is 12.3. The molecule has 1 aromatic carbocycles. The fourth-order valence-electron chi connectivity index (χ4n) is 1.82. The first-order chi connectivity index (χ1) is 10.9. The fourth-order valence-corrected chi connectivity index (χ4v) is 2.10. The highest BCUT2D eigenvalue weighted by Gasteiger charge is 2.17. The maximum atomic E-state index is 12.3. The fraction of sp³-hybridized carbons (Fsp3) is 0.286. The van der Waals surface area contributed by atoms with E-state index in [1.165, 1.54) is 36.3 Å². The third-order valence-corrected chi connectivity index (χ3v) is 3.09. The molecule has 0 aliphatic rings. The molecule has 0 bridgehead atoms. The quantitative estimate of drug-likeness (QED) is 0.752. The van der Waals surface area contributed by atoms with Gasteiger partial charge in [0.1, 0.15) is 6.61 Å². The van der Waals surface area contributed by atoms with Gasteiger partial charge in [-0.15, -0.1) is 0 Å². The monoisotopic (exact) mass is 346 g/mol. The molecule has 0 amide bonds. The number of esters is 1. The van der Waals surface area contributed by atoms with Gasteiger partial charge in [0.2, 0.25) is 0 Å². The Hall–Kier alpha value is -2.35. The number of ether oxygens (including phenoxy) is 3. The summed E-state index contributed by atoms with van der Waals surface area (Å²) in [4.78, 5) is 11.8. The normalized spacial score (nSPS) is 10.7. The molecule has 0 N–H and O–H groups in total. The van der Waals surface area contributed by atoms with E-state index in [1.807, 2.05) is 0 Å². The van der Waals surface area contributed by atoms with E-state index >= 15 is 0 Å². The zero-order chi connectivity index (χ0) is 17.0. The van der Waals surface area contributed by atoms with Crippen molar-refractivity contribution in [2.24, 2.45) is 7.05 Å². The summed E-state index contributed by atoms with van der Waals surface area (Å²) < 4.78 is 40.5. The molecule has 0 unspecified atom stereocenters. The minimum Gasteiger partial charge on any atom is -0.493 e. The predicted octanol–water partition coefficient (Wildman–Crippen LogP) is 3.04. The molecule has 0 spiro atoms. The highest BCUT2D eigenvalue weighted by atomic mass is 35.5. The van der Waals surface area contributed by atoms with E-state index in [0.717, 1.165) is 0 Å². The average molecular weight is 347 g/mol. The molecule has 1 aromatic heterocycles. The second kappa shape index (κ2) is 7.28. The summed E-state index contributed by atoms with van der Waals surface area (Å²) in [5.74, 6) is -0.821. The summed E-state index contributed by atoms with van der Waals surface area (Å²) in [5.41, 5.74) is 0.758. The van der Waals surface area contributed by atoms with Gasteiger partial charge in [0.05, 0.1) is 23.9 Å². The van der Waals surface area contributed by atoms with Crippen LogP contribution >= 0.6 is 11.6 Å².